The first-order chi connectivity index (χ1) is 7.84. The highest BCUT2D eigenvalue weighted by Gasteiger charge is 2.18. The van der Waals surface area contributed by atoms with Gasteiger partial charge in [-0.25, -0.2) is 0 Å². The number of carbonyl (C=O) groups is 1. The van der Waals surface area contributed by atoms with E-state index in [0.717, 1.165) is 15.5 Å². The Kier molecular flexibility index (Phi) is 2.15. The summed E-state index contributed by atoms with van der Waals surface area (Å²) in [5.74, 6) is -0.0742. The van der Waals surface area contributed by atoms with Crippen LogP contribution in [-0.2, 0) is 0 Å². The van der Waals surface area contributed by atoms with E-state index in [0.29, 0.717) is 5.56 Å². The van der Waals surface area contributed by atoms with Crippen LogP contribution in [0.15, 0.2) is 52.5 Å². The summed E-state index contributed by atoms with van der Waals surface area (Å²) >= 11 is 1.58. The van der Waals surface area contributed by atoms with Crippen LogP contribution < -0.4 is 5.32 Å². The SMILES string of the molecule is O=C1Nc2cnccc2Sc2ccccc21. The van der Waals surface area contributed by atoms with Gasteiger partial charge >= 0.3 is 0 Å². The summed E-state index contributed by atoms with van der Waals surface area (Å²) in [6.07, 6.45) is 3.40. The molecule has 78 valence electrons. The lowest BCUT2D eigenvalue weighted by Gasteiger charge is -2.02. The third-order valence-corrected chi connectivity index (χ3v) is 3.53. The van der Waals surface area contributed by atoms with Crippen molar-refractivity contribution in [2.24, 2.45) is 0 Å². The zero-order valence-corrected chi connectivity index (χ0v) is 9.12. The van der Waals surface area contributed by atoms with E-state index in [9.17, 15) is 4.79 Å². The molecule has 2 heterocycles. The van der Waals surface area contributed by atoms with Crippen LogP contribution in [0.3, 0.4) is 0 Å². The fourth-order valence-corrected chi connectivity index (χ4v) is 2.61. The number of carbonyl (C=O) groups excluding carboxylic acids is 1. The number of aromatic nitrogens is 1. The molecule has 4 heteroatoms. The molecular formula is C12H8N2OS. The molecule has 0 fully saturated rings. The predicted octanol–water partition coefficient (Wildman–Crippen LogP) is 2.80. The number of benzene rings is 1. The Morgan fingerprint density at radius 3 is 2.94 bits per heavy atom. The van der Waals surface area contributed by atoms with Crippen LogP contribution in [0, 0.1) is 0 Å². The summed E-state index contributed by atoms with van der Waals surface area (Å²) in [6.45, 7) is 0. The van der Waals surface area contributed by atoms with Gasteiger partial charge in [-0.15, -0.1) is 0 Å². The molecule has 3 nitrogen and oxygen atoms in total. The molecule has 16 heavy (non-hydrogen) atoms. The standard InChI is InChI=1S/C12H8N2OS/c15-12-8-3-1-2-4-10(8)16-11-5-6-13-7-9(11)14-12/h1-7H,(H,14,15). The molecule has 0 radical (unpaired) electrons. The van der Waals surface area contributed by atoms with Crippen LogP contribution in [-0.4, -0.2) is 10.9 Å². The van der Waals surface area contributed by atoms with Crippen molar-refractivity contribution in [2.45, 2.75) is 9.79 Å². The van der Waals surface area contributed by atoms with Crippen molar-refractivity contribution in [3.63, 3.8) is 0 Å². The number of fused-ring (bicyclic) bond motifs is 2. The molecule has 3 rings (SSSR count). The van der Waals surface area contributed by atoms with Crippen molar-refractivity contribution >= 4 is 23.4 Å². The maximum Gasteiger partial charge on any atom is 0.256 e. The Morgan fingerprint density at radius 2 is 2.00 bits per heavy atom. The Labute approximate surface area is 96.9 Å². The van der Waals surface area contributed by atoms with E-state index in [1.165, 1.54) is 0 Å². The van der Waals surface area contributed by atoms with Gasteiger partial charge in [0.2, 0.25) is 0 Å². The highest BCUT2D eigenvalue weighted by atomic mass is 32.2. The molecule has 0 spiro atoms. The van der Waals surface area contributed by atoms with Gasteiger partial charge in [-0.3, -0.25) is 9.78 Å². The molecule has 1 aromatic carbocycles. The lowest BCUT2D eigenvalue weighted by Crippen LogP contribution is -2.11. The van der Waals surface area contributed by atoms with Gasteiger partial charge in [0.05, 0.1) is 17.4 Å². The molecule has 0 bridgehead atoms. The molecule has 0 atom stereocenters. The van der Waals surface area contributed by atoms with Gasteiger partial charge in [-0.1, -0.05) is 23.9 Å². The van der Waals surface area contributed by atoms with Crippen molar-refractivity contribution in [1.82, 2.24) is 4.98 Å². The Balaban J connectivity index is 2.18. The number of hydrogen-bond donors (Lipinski definition) is 1. The van der Waals surface area contributed by atoms with E-state index in [2.05, 4.69) is 10.3 Å². The van der Waals surface area contributed by atoms with Crippen molar-refractivity contribution in [2.75, 3.05) is 5.32 Å². The molecule has 0 unspecified atom stereocenters. The van der Waals surface area contributed by atoms with Crippen LogP contribution in [0.25, 0.3) is 0 Å². The summed E-state index contributed by atoms with van der Waals surface area (Å²) < 4.78 is 0. The van der Waals surface area contributed by atoms with Gasteiger partial charge in [0.1, 0.15) is 0 Å². The summed E-state index contributed by atoms with van der Waals surface area (Å²) in [5, 5.41) is 2.86. The van der Waals surface area contributed by atoms with Crippen LogP contribution in [0.4, 0.5) is 5.69 Å². The van der Waals surface area contributed by atoms with E-state index in [-0.39, 0.29) is 5.91 Å². The molecule has 1 aromatic heterocycles. The predicted molar refractivity (Wildman–Crippen MR) is 62.8 cm³/mol. The van der Waals surface area contributed by atoms with Crippen LogP contribution in [0.2, 0.25) is 0 Å². The summed E-state index contributed by atoms with van der Waals surface area (Å²) in [6, 6.07) is 9.49. The van der Waals surface area contributed by atoms with Gasteiger partial charge < -0.3 is 5.32 Å². The smallest absolute Gasteiger partial charge is 0.256 e. The first-order valence-electron chi connectivity index (χ1n) is 4.87. The normalized spacial score (nSPS) is 13.4. The molecule has 1 amide bonds. The molecule has 1 aliphatic heterocycles. The van der Waals surface area contributed by atoms with Crippen LogP contribution in [0.5, 0.6) is 0 Å². The second kappa shape index (κ2) is 3.64. The summed E-state index contributed by atoms with van der Waals surface area (Å²) in [4.78, 5) is 17.9. The minimum Gasteiger partial charge on any atom is -0.320 e. The Hall–Kier alpha value is -1.81. The monoisotopic (exact) mass is 228 g/mol. The maximum absolute atomic E-state index is 11.9. The van der Waals surface area contributed by atoms with E-state index in [1.54, 1.807) is 24.2 Å². The zero-order chi connectivity index (χ0) is 11.0. The van der Waals surface area contributed by atoms with Gasteiger partial charge in [0, 0.05) is 16.0 Å². The molecule has 0 aliphatic carbocycles. The number of rotatable bonds is 0. The highest BCUT2D eigenvalue weighted by molar-refractivity contribution is 7.99. The molecule has 2 aromatic rings. The quantitative estimate of drug-likeness (QED) is 0.754. The van der Waals surface area contributed by atoms with Gasteiger partial charge in [0.25, 0.3) is 5.91 Å². The van der Waals surface area contributed by atoms with Crippen molar-refractivity contribution < 1.29 is 4.79 Å². The lowest BCUT2D eigenvalue weighted by molar-refractivity contribution is 0.102. The highest BCUT2D eigenvalue weighted by Crippen LogP contribution is 2.37. The number of anilines is 1. The van der Waals surface area contributed by atoms with E-state index in [4.69, 9.17) is 0 Å². The second-order valence-corrected chi connectivity index (χ2v) is 4.51. The molecule has 1 N–H and O–H groups in total. The van der Waals surface area contributed by atoms with Crippen LogP contribution in [0.1, 0.15) is 10.4 Å². The maximum atomic E-state index is 11.9. The number of pyridine rings is 1. The van der Waals surface area contributed by atoms with E-state index >= 15 is 0 Å². The summed E-state index contributed by atoms with van der Waals surface area (Å²) in [5.41, 5.74) is 1.48. The number of amides is 1. The average Bonchev–Trinajstić information content (AvgIpc) is 2.45. The number of nitrogens with one attached hydrogen (secondary N) is 1. The second-order valence-electron chi connectivity index (χ2n) is 3.42. The molecule has 0 saturated heterocycles. The van der Waals surface area contributed by atoms with Crippen molar-refractivity contribution in [1.29, 1.82) is 0 Å². The lowest BCUT2D eigenvalue weighted by atomic mass is 10.2. The first-order valence-corrected chi connectivity index (χ1v) is 5.68. The van der Waals surface area contributed by atoms with Gasteiger partial charge in [-0.05, 0) is 18.2 Å². The Morgan fingerprint density at radius 1 is 1.12 bits per heavy atom. The minimum absolute atomic E-state index is 0.0742. The first kappa shape index (κ1) is 9.42. The molecule has 0 saturated carbocycles. The fourth-order valence-electron chi connectivity index (χ4n) is 1.62. The molecule has 1 aliphatic rings. The largest absolute Gasteiger partial charge is 0.320 e. The number of nitrogens with zero attached hydrogens (tertiary/aromatic N) is 1. The van der Waals surface area contributed by atoms with E-state index in [1.807, 2.05) is 30.3 Å². The summed E-state index contributed by atoms with van der Waals surface area (Å²) in [7, 11) is 0. The zero-order valence-electron chi connectivity index (χ0n) is 8.31. The molecular weight excluding hydrogens is 220 g/mol. The van der Waals surface area contributed by atoms with Crippen molar-refractivity contribution in [3.05, 3.63) is 48.3 Å². The minimum atomic E-state index is -0.0742. The third-order valence-electron chi connectivity index (χ3n) is 2.38. The van der Waals surface area contributed by atoms with Gasteiger partial charge in [0.15, 0.2) is 0 Å². The van der Waals surface area contributed by atoms with Crippen molar-refractivity contribution in [3.8, 4) is 0 Å². The van der Waals surface area contributed by atoms with Gasteiger partial charge in [-0.2, -0.15) is 0 Å². The fraction of sp³-hybridized carbons (Fsp3) is 0. The number of hydrogen-bond acceptors (Lipinski definition) is 3. The topological polar surface area (TPSA) is 42.0 Å². The van der Waals surface area contributed by atoms with E-state index < -0.39 is 0 Å². The average molecular weight is 228 g/mol. The third kappa shape index (κ3) is 1.47. The Bertz CT molecular complexity index is 568. The van der Waals surface area contributed by atoms with Crippen LogP contribution >= 0.6 is 11.8 Å².